The molecule has 0 amide bonds. The molecule has 5 heteroatoms. The average molecular weight is 329 g/mol. The number of rotatable bonds is 7. The summed E-state index contributed by atoms with van der Waals surface area (Å²) in [5.74, 6) is 0. The molecule has 0 aliphatic heterocycles. The van der Waals surface area contributed by atoms with E-state index < -0.39 is 0 Å². The molecule has 4 nitrogen and oxygen atoms in total. The van der Waals surface area contributed by atoms with E-state index in [1.54, 1.807) is 0 Å². The van der Waals surface area contributed by atoms with Crippen molar-refractivity contribution in [1.29, 1.82) is 0 Å². The maximum absolute atomic E-state index is 4.43. The van der Waals surface area contributed by atoms with Gasteiger partial charge in [0.2, 0.25) is 0 Å². The van der Waals surface area contributed by atoms with Gasteiger partial charge in [-0.3, -0.25) is 0 Å². The Morgan fingerprint density at radius 2 is 1.30 bits per heavy atom. The second kappa shape index (κ2) is 14.3. The van der Waals surface area contributed by atoms with Gasteiger partial charge >= 0.3 is 0 Å². The van der Waals surface area contributed by atoms with Crippen LogP contribution in [0.15, 0.2) is 0 Å². The average Bonchev–Trinajstić information content (AvgIpc) is 2.27. The third kappa shape index (κ3) is 20.7. The van der Waals surface area contributed by atoms with Crippen molar-refractivity contribution in [3.05, 3.63) is 21.3 Å². The SMILES string of the molecule is CC[N-]C(C)[N-]C(C)(C)C.C[N-]C(C)CC(C)[N-]C.[Co]. The molecule has 0 spiro atoms. The van der Waals surface area contributed by atoms with Crippen LogP contribution in [0.1, 0.15) is 54.9 Å². The van der Waals surface area contributed by atoms with Crippen LogP contribution in [0.25, 0.3) is 21.3 Å². The van der Waals surface area contributed by atoms with Gasteiger partial charge in [0.25, 0.3) is 0 Å². The second-order valence-electron chi connectivity index (χ2n) is 5.88. The molecular weight excluding hydrogens is 295 g/mol. The molecule has 3 unspecified atom stereocenters. The van der Waals surface area contributed by atoms with Crippen LogP contribution in [-0.4, -0.2) is 44.4 Å². The molecule has 0 fully saturated rings. The number of hydrogen-bond donors (Lipinski definition) is 0. The minimum atomic E-state index is 0. The predicted molar refractivity (Wildman–Crippen MR) is 88.6 cm³/mol. The fourth-order valence-electron chi connectivity index (χ4n) is 1.57. The van der Waals surface area contributed by atoms with Gasteiger partial charge < -0.3 is 21.3 Å². The fraction of sp³-hybridized carbons (Fsp3) is 1.00. The molecule has 3 atom stereocenters. The summed E-state index contributed by atoms with van der Waals surface area (Å²) in [4.78, 5) is 0. The minimum Gasteiger partial charge on any atom is -0.678 e. The van der Waals surface area contributed by atoms with Crippen molar-refractivity contribution >= 4 is 0 Å². The molecule has 0 aromatic rings. The van der Waals surface area contributed by atoms with Crippen molar-refractivity contribution in [2.75, 3.05) is 20.6 Å². The van der Waals surface area contributed by atoms with Crippen molar-refractivity contribution in [3.8, 4) is 0 Å². The number of nitrogens with zero attached hydrogens (tertiary/aromatic N) is 4. The molecule has 0 aliphatic rings. The number of hydrogen-bond acceptors (Lipinski definition) is 0. The van der Waals surface area contributed by atoms with Crippen molar-refractivity contribution in [3.63, 3.8) is 0 Å². The first-order valence-corrected chi connectivity index (χ1v) is 7.22. The van der Waals surface area contributed by atoms with Crippen LogP contribution in [0.5, 0.6) is 0 Å². The maximum atomic E-state index is 4.43. The fourth-order valence-corrected chi connectivity index (χ4v) is 1.57. The van der Waals surface area contributed by atoms with Crippen LogP contribution in [0, 0.1) is 0 Å². The van der Waals surface area contributed by atoms with E-state index in [9.17, 15) is 0 Å². The standard InChI is InChI=1S/C8H18N2.C7H16N2.Co/c1-6-9-7(2)10-8(3,4)5;1-6(8-3)5-7(2)9-4;/h7H,6H2,1-5H3;6-7H,5H2,1-4H3;/q2*-2;. The Bertz CT molecular complexity index is 187. The molecule has 0 aromatic carbocycles. The van der Waals surface area contributed by atoms with Gasteiger partial charge in [-0.25, -0.2) is 6.17 Å². The Morgan fingerprint density at radius 1 is 0.900 bits per heavy atom. The van der Waals surface area contributed by atoms with Crippen molar-refractivity contribution in [2.45, 2.75) is 78.7 Å². The molecule has 20 heavy (non-hydrogen) atoms. The molecule has 0 aliphatic carbocycles. The predicted octanol–water partition coefficient (Wildman–Crippen LogP) is 5.06. The third-order valence-corrected chi connectivity index (χ3v) is 2.58. The van der Waals surface area contributed by atoms with E-state index in [-0.39, 0.29) is 28.5 Å². The zero-order valence-electron chi connectivity index (χ0n) is 14.8. The first-order valence-electron chi connectivity index (χ1n) is 7.22. The second-order valence-corrected chi connectivity index (χ2v) is 5.88. The molecule has 0 aromatic heterocycles. The normalized spacial score (nSPS) is 15.4. The van der Waals surface area contributed by atoms with Crippen molar-refractivity contribution < 1.29 is 16.8 Å². The van der Waals surface area contributed by atoms with E-state index >= 15 is 0 Å². The van der Waals surface area contributed by atoms with E-state index in [1.165, 1.54) is 0 Å². The topological polar surface area (TPSA) is 56.4 Å². The van der Waals surface area contributed by atoms with Crippen LogP contribution in [0.4, 0.5) is 0 Å². The molecule has 0 rings (SSSR count). The van der Waals surface area contributed by atoms with E-state index in [0.29, 0.717) is 12.1 Å². The minimum absolute atomic E-state index is 0. The van der Waals surface area contributed by atoms with Gasteiger partial charge in [-0.2, -0.15) is 20.6 Å². The first kappa shape index (κ1) is 25.3. The molecule has 0 heterocycles. The molecule has 127 valence electrons. The summed E-state index contributed by atoms with van der Waals surface area (Å²) in [5.41, 5.74) is 0.0537. The van der Waals surface area contributed by atoms with Crippen LogP contribution in [0.3, 0.4) is 0 Å². The van der Waals surface area contributed by atoms with Gasteiger partial charge in [-0.05, 0) is 0 Å². The van der Waals surface area contributed by atoms with E-state index in [0.717, 1.165) is 13.0 Å². The molecule has 0 N–H and O–H groups in total. The van der Waals surface area contributed by atoms with Gasteiger partial charge in [-0.1, -0.05) is 48.0 Å². The molecule has 0 saturated carbocycles. The Balaban J connectivity index is -0.000000277. The summed E-state index contributed by atoms with van der Waals surface area (Å²) in [6.07, 6.45) is 1.23. The molecule has 1 radical (unpaired) electrons. The van der Waals surface area contributed by atoms with Gasteiger partial charge in [0.1, 0.15) is 0 Å². The Hall–Kier alpha value is 0.346. The summed E-state index contributed by atoms with van der Waals surface area (Å²) in [6, 6.07) is 0.924. The smallest absolute Gasteiger partial charge is 0 e. The Morgan fingerprint density at radius 3 is 1.55 bits per heavy atom. The van der Waals surface area contributed by atoms with Crippen LogP contribution in [0.2, 0.25) is 0 Å². The zero-order valence-corrected chi connectivity index (χ0v) is 15.8. The Labute approximate surface area is 137 Å². The van der Waals surface area contributed by atoms with Gasteiger partial charge in [0, 0.05) is 16.8 Å². The first-order chi connectivity index (χ1) is 8.66. The van der Waals surface area contributed by atoms with E-state index in [2.05, 4.69) is 55.9 Å². The van der Waals surface area contributed by atoms with E-state index in [1.807, 2.05) is 27.9 Å². The summed E-state index contributed by atoms with van der Waals surface area (Å²) in [6.45, 7) is 15.4. The summed E-state index contributed by atoms with van der Waals surface area (Å²) in [7, 11) is 3.71. The maximum Gasteiger partial charge on any atom is 0 e. The van der Waals surface area contributed by atoms with Gasteiger partial charge in [0.15, 0.2) is 0 Å². The monoisotopic (exact) mass is 329 g/mol. The van der Waals surface area contributed by atoms with E-state index in [4.69, 9.17) is 0 Å². The van der Waals surface area contributed by atoms with Gasteiger partial charge in [-0.15, -0.1) is 24.5 Å². The van der Waals surface area contributed by atoms with Gasteiger partial charge in [0.05, 0.1) is 0 Å². The van der Waals surface area contributed by atoms with Crippen LogP contribution in [-0.2, 0) is 16.8 Å². The third-order valence-electron chi connectivity index (χ3n) is 2.58. The molecule has 0 bridgehead atoms. The largest absolute Gasteiger partial charge is 0.678 e. The summed E-state index contributed by atoms with van der Waals surface area (Å²) < 4.78 is 0. The van der Waals surface area contributed by atoms with Crippen molar-refractivity contribution in [1.82, 2.24) is 0 Å². The Kier molecular flexibility index (Phi) is 18.1. The van der Waals surface area contributed by atoms with Crippen LogP contribution < -0.4 is 0 Å². The molecule has 0 saturated heterocycles. The zero-order chi connectivity index (χ0) is 15.5. The van der Waals surface area contributed by atoms with Crippen molar-refractivity contribution in [2.24, 2.45) is 0 Å². The molecular formula is C15H34CoN4-4. The quantitative estimate of drug-likeness (QED) is 0.627. The summed E-state index contributed by atoms with van der Waals surface area (Å²) >= 11 is 0. The van der Waals surface area contributed by atoms with Crippen LogP contribution >= 0.6 is 0 Å². The summed E-state index contributed by atoms with van der Waals surface area (Å²) in [5, 5.41) is 16.9.